The van der Waals surface area contributed by atoms with E-state index in [1.165, 1.54) is 10.2 Å². The zero-order valence-electron chi connectivity index (χ0n) is 17.7. The van der Waals surface area contributed by atoms with E-state index in [9.17, 15) is 13.5 Å². The number of benzene rings is 2. The van der Waals surface area contributed by atoms with E-state index in [1.54, 1.807) is 48.7 Å². The molecule has 4 aromatic rings. The van der Waals surface area contributed by atoms with E-state index in [1.807, 2.05) is 12.1 Å². The highest BCUT2D eigenvalue weighted by Gasteiger charge is 2.24. The topological polar surface area (TPSA) is 97.1 Å². The standard InChI is InChI=1S/C24H23ClN4O3S/c25-21-14-26-24(27-16-7-6-8-17(30)13-16)28-23(21)20-15-29(22-12-5-4-11-19(20)22)33(31,32)18-9-2-1-3-10-18/h1-5,9-12,14-17,30H,6-8,13H2,(H,26,27,28)/t16-,17-/m1/s1. The summed E-state index contributed by atoms with van der Waals surface area (Å²) in [5, 5.41) is 14.3. The number of aliphatic hydroxyl groups excluding tert-OH is 1. The molecule has 2 atom stereocenters. The van der Waals surface area contributed by atoms with Crippen molar-refractivity contribution in [2.45, 2.75) is 42.7 Å². The van der Waals surface area contributed by atoms with E-state index >= 15 is 0 Å². The molecular formula is C24H23ClN4O3S. The van der Waals surface area contributed by atoms with Crippen LogP contribution in [0.25, 0.3) is 22.2 Å². The first-order valence-electron chi connectivity index (χ1n) is 10.8. The average molecular weight is 483 g/mol. The minimum atomic E-state index is -3.82. The van der Waals surface area contributed by atoms with Crippen LogP contribution < -0.4 is 5.32 Å². The summed E-state index contributed by atoms with van der Waals surface area (Å²) in [5.74, 6) is 0.399. The number of aliphatic hydroxyl groups is 1. The fourth-order valence-corrected chi connectivity index (χ4v) is 5.93. The van der Waals surface area contributed by atoms with Crippen LogP contribution in [0.4, 0.5) is 5.95 Å². The van der Waals surface area contributed by atoms with E-state index in [0.29, 0.717) is 34.2 Å². The Morgan fingerprint density at radius 1 is 1.06 bits per heavy atom. The number of anilines is 1. The molecule has 7 nitrogen and oxygen atoms in total. The van der Waals surface area contributed by atoms with Crippen LogP contribution in [-0.4, -0.2) is 39.6 Å². The molecule has 1 aliphatic rings. The zero-order valence-corrected chi connectivity index (χ0v) is 19.3. The van der Waals surface area contributed by atoms with Crippen LogP contribution in [0.1, 0.15) is 25.7 Å². The third-order valence-electron chi connectivity index (χ3n) is 5.96. The molecule has 0 bridgehead atoms. The third-order valence-corrected chi connectivity index (χ3v) is 7.92. The minimum absolute atomic E-state index is 0.0718. The Morgan fingerprint density at radius 2 is 1.82 bits per heavy atom. The number of halogens is 1. The molecule has 33 heavy (non-hydrogen) atoms. The summed E-state index contributed by atoms with van der Waals surface area (Å²) in [6.45, 7) is 0. The summed E-state index contributed by atoms with van der Waals surface area (Å²) in [7, 11) is -3.82. The molecule has 170 valence electrons. The molecule has 5 rings (SSSR count). The zero-order chi connectivity index (χ0) is 23.0. The Balaban J connectivity index is 1.60. The number of rotatable bonds is 5. The van der Waals surface area contributed by atoms with Crippen molar-refractivity contribution in [2.75, 3.05) is 5.32 Å². The molecule has 2 heterocycles. The Bertz CT molecular complexity index is 1410. The fourth-order valence-electron chi connectivity index (χ4n) is 4.35. The Kier molecular flexibility index (Phi) is 5.82. The van der Waals surface area contributed by atoms with E-state index in [2.05, 4.69) is 15.3 Å². The van der Waals surface area contributed by atoms with Crippen molar-refractivity contribution in [3.63, 3.8) is 0 Å². The number of aromatic nitrogens is 3. The fraction of sp³-hybridized carbons (Fsp3) is 0.250. The van der Waals surface area contributed by atoms with Gasteiger partial charge in [0, 0.05) is 23.2 Å². The summed E-state index contributed by atoms with van der Waals surface area (Å²) in [6, 6.07) is 15.6. The molecule has 2 N–H and O–H groups in total. The van der Waals surface area contributed by atoms with Gasteiger partial charge >= 0.3 is 0 Å². The van der Waals surface area contributed by atoms with Gasteiger partial charge in [-0.05, 0) is 43.9 Å². The molecule has 0 aliphatic heterocycles. The third kappa shape index (κ3) is 4.21. The van der Waals surface area contributed by atoms with E-state index in [4.69, 9.17) is 11.6 Å². The predicted molar refractivity (Wildman–Crippen MR) is 129 cm³/mol. The number of hydrogen-bond donors (Lipinski definition) is 2. The molecule has 1 aliphatic carbocycles. The normalized spacial score (nSPS) is 19.0. The first-order chi connectivity index (χ1) is 15.9. The molecule has 0 saturated heterocycles. The van der Waals surface area contributed by atoms with E-state index in [-0.39, 0.29) is 17.0 Å². The van der Waals surface area contributed by atoms with Gasteiger partial charge in [-0.2, -0.15) is 0 Å². The van der Waals surface area contributed by atoms with Crippen molar-refractivity contribution < 1.29 is 13.5 Å². The van der Waals surface area contributed by atoms with Gasteiger partial charge < -0.3 is 10.4 Å². The number of hydrogen-bond acceptors (Lipinski definition) is 6. The largest absolute Gasteiger partial charge is 0.393 e. The van der Waals surface area contributed by atoms with Crippen molar-refractivity contribution in [1.82, 2.24) is 13.9 Å². The highest BCUT2D eigenvalue weighted by atomic mass is 35.5. The number of nitrogens with zero attached hydrogens (tertiary/aromatic N) is 3. The molecule has 0 spiro atoms. The summed E-state index contributed by atoms with van der Waals surface area (Å²) < 4.78 is 28.1. The van der Waals surface area contributed by atoms with Gasteiger partial charge in [0.05, 0.1) is 33.4 Å². The van der Waals surface area contributed by atoms with Crippen LogP contribution in [0, 0.1) is 0 Å². The first-order valence-corrected chi connectivity index (χ1v) is 12.6. The van der Waals surface area contributed by atoms with Gasteiger partial charge in [-0.3, -0.25) is 0 Å². The lowest BCUT2D eigenvalue weighted by molar-refractivity contribution is 0.124. The van der Waals surface area contributed by atoms with Gasteiger partial charge in [-0.1, -0.05) is 48.0 Å². The summed E-state index contributed by atoms with van der Waals surface area (Å²) in [5.41, 5.74) is 1.59. The summed E-state index contributed by atoms with van der Waals surface area (Å²) in [6.07, 6.45) is 6.05. The SMILES string of the molecule is O=S(=O)(c1ccccc1)n1cc(-c2nc(N[C@@H]3CCC[C@@H](O)C3)ncc2Cl)c2ccccc21. The highest BCUT2D eigenvalue weighted by molar-refractivity contribution is 7.90. The maximum Gasteiger partial charge on any atom is 0.268 e. The molecular weight excluding hydrogens is 460 g/mol. The van der Waals surface area contributed by atoms with Gasteiger partial charge in [0.25, 0.3) is 10.0 Å². The van der Waals surface area contributed by atoms with Crippen LogP contribution >= 0.6 is 11.6 Å². The van der Waals surface area contributed by atoms with Crippen LogP contribution in [0.15, 0.2) is 71.9 Å². The smallest absolute Gasteiger partial charge is 0.268 e. The van der Waals surface area contributed by atoms with E-state index in [0.717, 1.165) is 24.6 Å². The first kappa shape index (κ1) is 21.9. The quantitative estimate of drug-likeness (QED) is 0.427. The van der Waals surface area contributed by atoms with Crippen molar-refractivity contribution in [1.29, 1.82) is 0 Å². The van der Waals surface area contributed by atoms with Crippen LogP contribution in [0.2, 0.25) is 5.02 Å². The Labute approximate surface area is 197 Å². The van der Waals surface area contributed by atoms with Crippen molar-refractivity contribution in [3.8, 4) is 11.3 Å². The molecule has 0 amide bonds. The number of para-hydroxylation sites is 1. The molecule has 1 fully saturated rings. The van der Waals surface area contributed by atoms with Crippen molar-refractivity contribution in [2.24, 2.45) is 0 Å². The molecule has 2 aromatic heterocycles. The van der Waals surface area contributed by atoms with Gasteiger partial charge in [-0.25, -0.2) is 22.4 Å². The van der Waals surface area contributed by atoms with Crippen LogP contribution in [0.3, 0.4) is 0 Å². The lowest BCUT2D eigenvalue weighted by atomic mass is 9.93. The second kappa shape index (κ2) is 8.78. The monoisotopic (exact) mass is 482 g/mol. The van der Waals surface area contributed by atoms with Crippen molar-refractivity contribution >= 4 is 38.5 Å². The van der Waals surface area contributed by atoms with Gasteiger partial charge in [0.1, 0.15) is 0 Å². The van der Waals surface area contributed by atoms with Gasteiger partial charge in [0.2, 0.25) is 5.95 Å². The molecule has 0 radical (unpaired) electrons. The average Bonchev–Trinajstić information content (AvgIpc) is 3.21. The summed E-state index contributed by atoms with van der Waals surface area (Å²) in [4.78, 5) is 9.14. The van der Waals surface area contributed by atoms with Gasteiger partial charge in [-0.15, -0.1) is 0 Å². The second-order valence-corrected chi connectivity index (χ2v) is 10.4. The lowest BCUT2D eigenvalue weighted by Gasteiger charge is -2.26. The van der Waals surface area contributed by atoms with Crippen molar-refractivity contribution in [3.05, 3.63) is 72.0 Å². The second-order valence-electron chi connectivity index (χ2n) is 8.23. The molecule has 1 saturated carbocycles. The Morgan fingerprint density at radius 3 is 2.61 bits per heavy atom. The number of nitrogens with one attached hydrogen (secondary N) is 1. The van der Waals surface area contributed by atoms with Crippen LogP contribution in [-0.2, 0) is 10.0 Å². The molecule has 2 aromatic carbocycles. The van der Waals surface area contributed by atoms with Crippen LogP contribution in [0.5, 0.6) is 0 Å². The molecule has 9 heteroatoms. The number of fused-ring (bicyclic) bond motifs is 1. The highest BCUT2D eigenvalue weighted by Crippen LogP contribution is 2.36. The minimum Gasteiger partial charge on any atom is -0.393 e. The lowest BCUT2D eigenvalue weighted by Crippen LogP contribution is -2.30. The summed E-state index contributed by atoms with van der Waals surface area (Å²) >= 11 is 6.49. The maximum atomic E-state index is 13.4. The molecule has 0 unspecified atom stereocenters. The Hall–Kier alpha value is -2.94. The predicted octanol–water partition coefficient (Wildman–Crippen LogP) is 4.70. The maximum absolute atomic E-state index is 13.4. The van der Waals surface area contributed by atoms with Gasteiger partial charge in [0.15, 0.2) is 0 Å². The van der Waals surface area contributed by atoms with E-state index < -0.39 is 10.0 Å².